The molecule has 8 heteroatoms. The maximum atomic E-state index is 15.2. The topological polar surface area (TPSA) is 90.3 Å². The number of methoxy groups -OCH3 is 1. The zero-order chi connectivity index (χ0) is 26.4. The van der Waals surface area contributed by atoms with Crippen molar-refractivity contribution in [2.24, 2.45) is 0 Å². The Kier molecular flexibility index (Phi) is 6.54. The fourth-order valence-corrected chi connectivity index (χ4v) is 6.04. The van der Waals surface area contributed by atoms with E-state index in [9.17, 15) is 14.4 Å². The van der Waals surface area contributed by atoms with Gasteiger partial charge in [-0.3, -0.25) is 9.59 Å². The first-order chi connectivity index (χ1) is 17.9. The molecule has 1 aromatic carbocycles. The number of aryl methyl sites for hydroxylation is 1. The van der Waals surface area contributed by atoms with Gasteiger partial charge in [0.2, 0.25) is 5.91 Å². The second-order valence-electron chi connectivity index (χ2n) is 9.66. The van der Waals surface area contributed by atoms with Gasteiger partial charge < -0.3 is 19.4 Å². The summed E-state index contributed by atoms with van der Waals surface area (Å²) in [4.78, 5) is 42.8. The Hall–Kier alpha value is -3.65. The van der Waals surface area contributed by atoms with Crippen molar-refractivity contribution in [3.63, 3.8) is 0 Å². The van der Waals surface area contributed by atoms with Crippen LogP contribution in [0, 0.1) is 5.82 Å². The number of nitrogens with zero attached hydrogens (tertiary/aromatic N) is 2. The molecule has 1 N–H and O–H groups in total. The number of aromatic nitrogens is 2. The van der Waals surface area contributed by atoms with E-state index in [2.05, 4.69) is 11.9 Å². The lowest BCUT2D eigenvalue weighted by Crippen LogP contribution is -2.31. The smallest absolute Gasteiger partial charge is 0.257 e. The Morgan fingerprint density at radius 1 is 1.32 bits per heavy atom. The zero-order valence-electron chi connectivity index (χ0n) is 21.3. The Morgan fingerprint density at radius 2 is 2.11 bits per heavy atom. The summed E-state index contributed by atoms with van der Waals surface area (Å²) in [5, 5.41) is 3.90. The van der Waals surface area contributed by atoms with Crippen LogP contribution in [0.15, 0.2) is 29.6 Å². The predicted molar refractivity (Wildman–Crippen MR) is 139 cm³/mol. The monoisotopic (exact) mass is 503 g/mol. The van der Waals surface area contributed by atoms with Crippen LogP contribution in [-0.2, 0) is 40.3 Å². The van der Waals surface area contributed by atoms with Crippen molar-refractivity contribution in [1.29, 1.82) is 0 Å². The lowest BCUT2D eigenvalue weighted by Gasteiger charge is -2.29. The standard InChI is InChI=1S/C29H30FN3O4/c1-5-15(13-34)18-10-24-28-19(12-33(24)29(36)20(18)14-37-4)27-22(31-25(35)7-3)9-8-17-16(6-2)21(30)11-23(32-28)26(17)27/h7,10-11,13,15,22H,3,5-6,8-9,12,14H2,1-2,4H3,(H,31,35)/t15?,22-/m1/s1. The molecule has 0 saturated heterocycles. The van der Waals surface area contributed by atoms with Crippen LogP contribution in [0.5, 0.6) is 0 Å². The Bertz CT molecular complexity index is 1520. The minimum atomic E-state index is -0.456. The number of hydrogen-bond acceptors (Lipinski definition) is 5. The minimum Gasteiger partial charge on any atom is -0.380 e. The number of rotatable bonds is 8. The van der Waals surface area contributed by atoms with Gasteiger partial charge in [0, 0.05) is 35.6 Å². The summed E-state index contributed by atoms with van der Waals surface area (Å²) in [5.74, 6) is -1.04. The summed E-state index contributed by atoms with van der Waals surface area (Å²) < 4.78 is 22.1. The highest BCUT2D eigenvalue weighted by atomic mass is 19.1. The van der Waals surface area contributed by atoms with Crippen molar-refractivity contribution in [3.8, 4) is 11.4 Å². The third kappa shape index (κ3) is 3.82. The summed E-state index contributed by atoms with van der Waals surface area (Å²) in [6.07, 6.45) is 4.39. The highest BCUT2D eigenvalue weighted by Crippen LogP contribution is 2.45. The minimum absolute atomic E-state index is 0.0879. The SMILES string of the molecule is C=CC(=O)N[C@@H]1CCc2c(CC)c(F)cc3nc4c(c1c23)Cn1c-4cc(C(C=O)CC)c(COC)c1=O. The van der Waals surface area contributed by atoms with Crippen LogP contribution in [0.3, 0.4) is 0 Å². The molecule has 2 atom stereocenters. The second kappa shape index (κ2) is 9.67. The number of carbonyl (C=O) groups is 2. The number of ether oxygens (including phenoxy) is 1. The lowest BCUT2D eigenvalue weighted by molar-refractivity contribution is -0.117. The van der Waals surface area contributed by atoms with Crippen LogP contribution in [0.25, 0.3) is 22.3 Å². The molecule has 0 saturated carbocycles. The van der Waals surface area contributed by atoms with Gasteiger partial charge in [-0.05, 0) is 60.1 Å². The van der Waals surface area contributed by atoms with Crippen LogP contribution < -0.4 is 10.9 Å². The van der Waals surface area contributed by atoms with E-state index in [0.717, 1.165) is 28.4 Å². The second-order valence-corrected chi connectivity index (χ2v) is 9.66. The van der Waals surface area contributed by atoms with Crippen molar-refractivity contribution in [1.82, 2.24) is 14.9 Å². The van der Waals surface area contributed by atoms with E-state index in [1.807, 2.05) is 19.9 Å². The molecular formula is C29H30FN3O4. The van der Waals surface area contributed by atoms with Crippen molar-refractivity contribution < 1.29 is 18.7 Å². The first kappa shape index (κ1) is 25.0. The molecule has 37 heavy (non-hydrogen) atoms. The average molecular weight is 504 g/mol. The molecule has 0 radical (unpaired) electrons. The Morgan fingerprint density at radius 3 is 2.76 bits per heavy atom. The predicted octanol–water partition coefficient (Wildman–Crippen LogP) is 4.26. The quantitative estimate of drug-likeness (QED) is 0.287. The molecule has 1 unspecified atom stereocenters. The summed E-state index contributed by atoms with van der Waals surface area (Å²) in [7, 11) is 1.52. The van der Waals surface area contributed by atoms with Gasteiger partial charge in [-0.15, -0.1) is 0 Å². The number of carbonyl (C=O) groups excluding carboxylic acids is 2. The molecule has 5 rings (SSSR count). The third-order valence-electron chi connectivity index (χ3n) is 7.76. The first-order valence-electron chi connectivity index (χ1n) is 12.7. The van der Waals surface area contributed by atoms with E-state index in [1.165, 1.54) is 19.3 Å². The number of fused-ring (bicyclic) bond motifs is 4. The lowest BCUT2D eigenvalue weighted by atomic mass is 9.81. The highest BCUT2D eigenvalue weighted by molar-refractivity contribution is 5.94. The number of benzene rings is 1. The Labute approximate surface area is 214 Å². The van der Waals surface area contributed by atoms with E-state index in [4.69, 9.17) is 9.72 Å². The van der Waals surface area contributed by atoms with Gasteiger partial charge in [0.15, 0.2) is 0 Å². The van der Waals surface area contributed by atoms with Crippen LogP contribution >= 0.6 is 0 Å². The van der Waals surface area contributed by atoms with Gasteiger partial charge >= 0.3 is 0 Å². The molecule has 7 nitrogen and oxygen atoms in total. The molecular weight excluding hydrogens is 473 g/mol. The van der Waals surface area contributed by atoms with Crippen molar-refractivity contribution in [2.45, 2.75) is 64.6 Å². The normalized spacial score (nSPS) is 16.3. The van der Waals surface area contributed by atoms with E-state index >= 15 is 4.39 Å². The van der Waals surface area contributed by atoms with Crippen molar-refractivity contribution in [2.75, 3.05) is 7.11 Å². The first-order valence-corrected chi connectivity index (χ1v) is 12.7. The molecule has 2 aromatic heterocycles. The van der Waals surface area contributed by atoms with Gasteiger partial charge in [-0.2, -0.15) is 0 Å². The number of amides is 1. The maximum absolute atomic E-state index is 15.2. The molecule has 2 aliphatic rings. The largest absolute Gasteiger partial charge is 0.380 e. The van der Waals surface area contributed by atoms with Gasteiger partial charge in [0.1, 0.15) is 12.1 Å². The highest BCUT2D eigenvalue weighted by Gasteiger charge is 2.35. The number of halogens is 1. The van der Waals surface area contributed by atoms with Crippen LogP contribution in [0.1, 0.15) is 72.0 Å². The molecule has 0 spiro atoms. The van der Waals surface area contributed by atoms with E-state index < -0.39 is 5.92 Å². The fourth-order valence-electron chi connectivity index (χ4n) is 6.04. The third-order valence-corrected chi connectivity index (χ3v) is 7.76. The number of hydrogen-bond donors (Lipinski definition) is 1. The maximum Gasteiger partial charge on any atom is 0.257 e. The van der Waals surface area contributed by atoms with Gasteiger partial charge in [-0.1, -0.05) is 20.4 Å². The molecule has 3 aromatic rings. The van der Waals surface area contributed by atoms with Gasteiger partial charge in [0.05, 0.1) is 36.1 Å². The molecule has 1 aliphatic heterocycles. The molecule has 3 heterocycles. The van der Waals surface area contributed by atoms with Crippen LogP contribution in [0.2, 0.25) is 0 Å². The number of nitrogens with one attached hydrogen (secondary N) is 1. The molecule has 192 valence electrons. The van der Waals surface area contributed by atoms with Gasteiger partial charge in [-0.25, -0.2) is 9.37 Å². The van der Waals surface area contributed by atoms with E-state index in [0.29, 0.717) is 59.3 Å². The zero-order valence-corrected chi connectivity index (χ0v) is 21.3. The van der Waals surface area contributed by atoms with Crippen LogP contribution in [-0.4, -0.2) is 28.9 Å². The van der Waals surface area contributed by atoms with Gasteiger partial charge in [0.25, 0.3) is 5.56 Å². The average Bonchev–Trinajstić information content (AvgIpc) is 3.26. The summed E-state index contributed by atoms with van der Waals surface area (Å²) in [5.41, 5.74) is 5.83. The Balaban J connectivity index is 1.84. The molecule has 1 aliphatic carbocycles. The molecule has 0 fully saturated rings. The van der Waals surface area contributed by atoms with E-state index in [-0.39, 0.29) is 36.5 Å². The van der Waals surface area contributed by atoms with Crippen LogP contribution in [0.4, 0.5) is 4.39 Å². The summed E-state index contributed by atoms with van der Waals surface area (Å²) in [6.45, 7) is 7.77. The number of aldehydes is 1. The van der Waals surface area contributed by atoms with Crippen molar-refractivity contribution in [3.05, 3.63) is 74.3 Å². The summed E-state index contributed by atoms with van der Waals surface area (Å²) >= 11 is 0. The molecule has 0 bridgehead atoms. The molecule has 1 amide bonds. The number of pyridine rings is 2. The van der Waals surface area contributed by atoms with E-state index in [1.54, 1.807) is 4.57 Å². The summed E-state index contributed by atoms with van der Waals surface area (Å²) in [6, 6.07) is 2.99. The fraction of sp³-hybridized carbons (Fsp3) is 0.379. The van der Waals surface area contributed by atoms with Crippen molar-refractivity contribution >= 4 is 23.1 Å².